The Bertz CT molecular complexity index is 536. The fourth-order valence-electron chi connectivity index (χ4n) is 2.12. The highest BCUT2D eigenvalue weighted by Crippen LogP contribution is 2.13. The highest BCUT2D eigenvalue weighted by molar-refractivity contribution is 7.80. The molecule has 2 N–H and O–H groups in total. The molecule has 6 nitrogen and oxygen atoms in total. The summed E-state index contributed by atoms with van der Waals surface area (Å²) in [7, 11) is 1.30. The van der Waals surface area contributed by atoms with Crippen LogP contribution in [0.25, 0.3) is 0 Å². The van der Waals surface area contributed by atoms with Crippen molar-refractivity contribution in [1.82, 2.24) is 10.2 Å². The number of methoxy groups -OCH3 is 1. The molecule has 1 aromatic rings. The summed E-state index contributed by atoms with van der Waals surface area (Å²) in [6, 6.07) is 8.80. The molecule has 0 spiro atoms. The fraction of sp³-hybridized carbons (Fsp3) is 0.357. The summed E-state index contributed by atoms with van der Waals surface area (Å²) in [5, 5.41) is 6.23. The first-order chi connectivity index (χ1) is 10.1. The lowest BCUT2D eigenvalue weighted by Gasteiger charge is -2.36. The van der Waals surface area contributed by atoms with Crippen LogP contribution in [0.2, 0.25) is 0 Å². The van der Waals surface area contributed by atoms with Gasteiger partial charge >= 0.3 is 5.97 Å². The molecule has 0 unspecified atom stereocenters. The summed E-state index contributed by atoms with van der Waals surface area (Å²) in [5.41, 5.74) is 0.838. The quantitative estimate of drug-likeness (QED) is 0.634. The zero-order valence-corrected chi connectivity index (χ0v) is 12.5. The largest absolute Gasteiger partial charge is 0.469 e. The van der Waals surface area contributed by atoms with Gasteiger partial charge in [-0.05, 0) is 24.4 Å². The van der Waals surface area contributed by atoms with Crippen molar-refractivity contribution in [2.45, 2.75) is 12.5 Å². The van der Waals surface area contributed by atoms with E-state index < -0.39 is 12.0 Å². The van der Waals surface area contributed by atoms with Crippen molar-refractivity contribution in [1.29, 1.82) is 0 Å². The third kappa shape index (κ3) is 3.91. The van der Waals surface area contributed by atoms with Crippen LogP contribution in [-0.4, -0.2) is 48.1 Å². The summed E-state index contributed by atoms with van der Waals surface area (Å²) >= 11 is 5.36. The second kappa shape index (κ2) is 7.03. The number of piperazine rings is 1. The second-order valence-corrected chi connectivity index (χ2v) is 4.96. The number of para-hydroxylation sites is 1. The Kier molecular flexibility index (Phi) is 5.10. The lowest BCUT2D eigenvalue weighted by molar-refractivity contribution is -0.144. The Morgan fingerprint density at radius 2 is 2.19 bits per heavy atom. The van der Waals surface area contributed by atoms with E-state index in [-0.39, 0.29) is 12.3 Å². The Morgan fingerprint density at radius 3 is 2.86 bits per heavy atom. The minimum Gasteiger partial charge on any atom is -0.469 e. The zero-order chi connectivity index (χ0) is 15.2. The van der Waals surface area contributed by atoms with Crippen LogP contribution in [-0.2, 0) is 14.3 Å². The van der Waals surface area contributed by atoms with Gasteiger partial charge in [-0.25, -0.2) is 0 Å². The van der Waals surface area contributed by atoms with Crippen LogP contribution in [0.5, 0.6) is 0 Å². The smallest absolute Gasteiger partial charge is 0.308 e. The minimum atomic E-state index is -0.644. The number of ether oxygens (including phenoxy) is 1. The summed E-state index contributed by atoms with van der Waals surface area (Å²) < 4.78 is 4.64. The van der Waals surface area contributed by atoms with Crippen molar-refractivity contribution in [3.05, 3.63) is 30.3 Å². The number of amides is 1. The van der Waals surface area contributed by atoms with Crippen molar-refractivity contribution < 1.29 is 14.3 Å². The minimum absolute atomic E-state index is 0.0288. The molecule has 0 saturated carbocycles. The van der Waals surface area contributed by atoms with E-state index in [2.05, 4.69) is 15.4 Å². The molecule has 1 saturated heterocycles. The predicted octanol–water partition coefficient (Wildman–Crippen LogP) is 0.747. The van der Waals surface area contributed by atoms with Crippen LogP contribution >= 0.6 is 12.2 Å². The van der Waals surface area contributed by atoms with Crippen molar-refractivity contribution in [3.8, 4) is 0 Å². The van der Waals surface area contributed by atoms with Crippen LogP contribution in [0.1, 0.15) is 6.42 Å². The average molecular weight is 307 g/mol. The molecule has 21 heavy (non-hydrogen) atoms. The van der Waals surface area contributed by atoms with E-state index in [1.54, 1.807) is 4.90 Å². The standard InChI is InChI=1S/C14H17N3O3S/c1-20-12(18)9-11-13(19)15-7-8-17(11)14(21)16-10-5-3-2-4-6-10/h2-6,11H,7-9H2,1H3,(H,15,19)(H,16,21)/t11-/m1/s1. The molecule has 1 heterocycles. The van der Waals surface area contributed by atoms with E-state index in [4.69, 9.17) is 12.2 Å². The van der Waals surface area contributed by atoms with Gasteiger partial charge in [0.05, 0.1) is 13.5 Å². The van der Waals surface area contributed by atoms with Gasteiger partial charge in [0.1, 0.15) is 6.04 Å². The zero-order valence-electron chi connectivity index (χ0n) is 11.7. The summed E-state index contributed by atoms with van der Waals surface area (Å²) in [6.45, 7) is 1.04. The highest BCUT2D eigenvalue weighted by atomic mass is 32.1. The number of hydrogen-bond acceptors (Lipinski definition) is 4. The van der Waals surface area contributed by atoms with Crippen LogP contribution in [0, 0.1) is 0 Å². The number of esters is 1. The number of carbonyl (C=O) groups excluding carboxylic acids is 2. The highest BCUT2D eigenvalue weighted by Gasteiger charge is 2.33. The number of nitrogens with one attached hydrogen (secondary N) is 2. The first kappa shape index (κ1) is 15.2. The molecule has 1 aliphatic rings. The van der Waals surface area contributed by atoms with Gasteiger partial charge in [-0.3, -0.25) is 9.59 Å². The lowest BCUT2D eigenvalue weighted by Crippen LogP contribution is -2.58. The maximum absolute atomic E-state index is 12.0. The topological polar surface area (TPSA) is 70.7 Å². The third-order valence-corrected chi connectivity index (χ3v) is 3.54. The van der Waals surface area contributed by atoms with Crippen molar-refractivity contribution >= 4 is 34.9 Å². The normalized spacial score (nSPS) is 17.9. The summed E-state index contributed by atoms with van der Waals surface area (Å²) in [6.07, 6.45) is -0.0288. The van der Waals surface area contributed by atoms with Gasteiger partial charge in [0.2, 0.25) is 5.91 Å². The Hall–Kier alpha value is -2.15. The number of carbonyl (C=O) groups is 2. The van der Waals surface area contributed by atoms with E-state index >= 15 is 0 Å². The van der Waals surface area contributed by atoms with Gasteiger partial charge in [0.25, 0.3) is 0 Å². The predicted molar refractivity (Wildman–Crippen MR) is 82.8 cm³/mol. The van der Waals surface area contributed by atoms with Gasteiger partial charge in [-0.2, -0.15) is 0 Å². The van der Waals surface area contributed by atoms with E-state index in [1.807, 2.05) is 30.3 Å². The van der Waals surface area contributed by atoms with Crippen molar-refractivity contribution in [2.75, 3.05) is 25.5 Å². The van der Waals surface area contributed by atoms with Gasteiger partial charge in [0.15, 0.2) is 5.11 Å². The Morgan fingerprint density at radius 1 is 1.48 bits per heavy atom. The van der Waals surface area contributed by atoms with Gasteiger partial charge in [-0.15, -0.1) is 0 Å². The summed E-state index contributed by atoms with van der Waals surface area (Å²) in [5.74, 6) is -0.659. The molecule has 0 aliphatic carbocycles. The third-order valence-electron chi connectivity index (χ3n) is 3.20. The molecule has 1 fully saturated rings. The molecule has 1 aliphatic heterocycles. The number of rotatable bonds is 3. The molecule has 112 valence electrons. The van der Waals surface area contributed by atoms with E-state index in [9.17, 15) is 9.59 Å². The van der Waals surface area contributed by atoms with E-state index in [1.165, 1.54) is 7.11 Å². The molecular formula is C14H17N3O3S. The SMILES string of the molecule is COC(=O)C[C@@H]1C(=O)NCCN1C(=S)Nc1ccccc1. The number of benzene rings is 1. The average Bonchev–Trinajstić information content (AvgIpc) is 2.50. The summed E-state index contributed by atoms with van der Waals surface area (Å²) in [4.78, 5) is 25.1. The lowest BCUT2D eigenvalue weighted by atomic mass is 10.1. The maximum Gasteiger partial charge on any atom is 0.308 e. The molecule has 0 radical (unpaired) electrons. The van der Waals surface area contributed by atoms with Crippen LogP contribution in [0.3, 0.4) is 0 Å². The molecule has 1 aromatic carbocycles. The van der Waals surface area contributed by atoms with Crippen molar-refractivity contribution in [2.24, 2.45) is 0 Å². The number of nitrogens with zero attached hydrogens (tertiary/aromatic N) is 1. The first-order valence-electron chi connectivity index (χ1n) is 6.59. The number of hydrogen-bond donors (Lipinski definition) is 2. The first-order valence-corrected chi connectivity index (χ1v) is 7.00. The molecular weight excluding hydrogens is 290 g/mol. The van der Waals surface area contributed by atoms with Crippen LogP contribution < -0.4 is 10.6 Å². The number of anilines is 1. The van der Waals surface area contributed by atoms with Crippen molar-refractivity contribution in [3.63, 3.8) is 0 Å². The molecule has 0 aromatic heterocycles. The molecule has 0 bridgehead atoms. The maximum atomic E-state index is 12.0. The van der Waals surface area contributed by atoms with Gasteiger partial charge < -0.3 is 20.3 Å². The second-order valence-electron chi connectivity index (χ2n) is 4.58. The van der Waals surface area contributed by atoms with Crippen LogP contribution in [0.15, 0.2) is 30.3 Å². The van der Waals surface area contributed by atoms with E-state index in [0.717, 1.165) is 5.69 Å². The van der Waals surface area contributed by atoms with Crippen LogP contribution in [0.4, 0.5) is 5.69 Å². The van der Waals surface area contributed by atoms with Gasteiger partial charge in [0, 0.05) is 18.8 Å². The Balaban J connectivity index is 2.08. The van der Waals surface area contributed by atoms with Gasteiger partial charge in [-0.1, -0.05) is 18.2 Å². The Labute approximate surface area is 128 Å². The number of thiocarbonyl (C=S) groups is 1. The molecule has 1 atom stereocenters. The molecule has 2 rings (SSSR count). The molecule has 1 amide bonds. The molecule has 7 heteroatoms. The monoisotopic (exact) mass is 307 g/mol. The fourth-order valence-corrected chi connectivity index (χ4v) is 2.46. The van der Waals surface area contributed by atoms with E-state index in [0.29, 0.717) is 18.2 Å².